The summed E-state index contributed by atoms with van der Waals surface area (Å²) in [6, 6.07) is 6.10. The summed E-state index contributed by atoms with van der Waals surface area (Å²) in [5.41, 5.74) is 3.99. The highest BCUT2D eigenvalue weighted by atomic mass is 16.4. The van der Waals surface area contributed by atoms with Crippen LogP contribution in [-0.2, 0) is 17.3 Å². The lowest BCUT2D eigenvalue weighted by Crippen LogP contribution is -2.19. The van der Waals surface area contributed by atoms with E-state index in [0.717, 1.165) is 23.9 Å². The van der Waals surface area contributed by atoms with E-state index >= 15 is 0 Å². The molecule has 1 aromatic heterocycles. The largest absolute Gasteiger partial charge is 0.481 e. The summed E-state index contributed by atoms with van der Waals surface area (Å²) >= 11 is 0. The lowest BCUT2D eigenvalue weighted by atomic mass is 9.95. The van der Waals surface area contributed by atoms with Crippen LogP contribution < -0.4 is 0 Å². The monoisotopic (exact) mass is 243 g/mol. The zero-order valence-corrected chi connectivity index (χ0v) is 10.9. The van der Waals surface area contributed by atoms with Gasteiger partial charge in [0.15, 0.2) is 0 Å². The topological polar surface area (TPSA) is 42.2 Å². The van der Waals surface area contributed by atoms with Crippen molar-refractivity contribution in [2.45, 2.75) is 32.1 Å². The van der Waals surface area contributed by atoms with E-state index in [-0.39, 0.29) is 0 Å². The van der Waals surface area contributed by atoms with E-state index < -0.39 is 11.4 Å². The van der Waals surface area contributed by atoms with Gasteiger partial charge in [-0.1, -0.05) is 12.1 Å². The Morgan fingerprint density at radius 1 is 1.33 bits per heavy atom. The van der Waals surface area contributed by atoms with E-state index in [2.05, 4.69) is 30.5 Å². The minimum Gasteiger partial charge on any atom is -0.481 e. The maximum Gasteiger partial charge on any atom is 0.314 e. The number of hydrogen-bond acceptors (Lipinski definition) is 1. The molecule has 0 atom stereocenters. The maximum atomic E-state index is 11.4. The number of aromatic nitrogens is 1. The van der Waals surface area contributed by atoms with Gasteiger partial charge in [0.25, 0.3) is 0 Å². The Labute approximate surface area is 106 Å². The van der Waals surface area contributed by atoms with Crippen molar-refractivity contribution in [3.63, 3.8) is 0 Å². The SMILES string of the molecule is Cc1c(C)n(C)c2cc(C3(C(=O)O)CC3)ccc12. The summed E-state index contributed by atoms with van der Waals surface area (Å²) in [6.45, 7) is 4.21. The fourth-order valence-corrected chi connectivity index (χ4v) is 2.80. The van der Waals surface area contributed by atoms with Gasteiger partial charge < -0.3 is 9.67 Å². The lowest BCUT2D eigenvalue weighted by Gasteiger charge is -2.10. The lowest BCUT2D eigenvalue weighted by molar-refractivity contribution is -0.140. The molecular weight excluding hydrogens is 226 g/mol. The van der Waals surface area contributed by atoms with Crippen LogP contribution in [0.3, 0.4) is 0 Å². The number of benzene rings is 1. The highest BCUT2D eigenvalue weighted by molar-refractivity contribution is 5.90. The first kappa shape index (κ1) is 11.3. The molecule has 0 amide bonds. The quantitative estimate of drug-likeness (QED) is 0.881. The average molecular weight is 243 g/mol. The van der Waals surface area contributed by atoms with Crippen molar-refractivity contribution in [1.82, 2.24) is 4.57 Å². The normalized spacial score (nSPS) is 17.1. The highest BCUT2D eigenvalue weighted by Crippen LogP contribution is 2.49. The summed E-state index contributed by atoms with van der Waals surface area (Å²) in [5.74, 6) is -0.690. The number of hydrogen-bond donors (Lipinski definition) is 1. The van der Waals surface area contributed by atoms with Crippen LogP contribution in [-0.4, -0.2) is 15.6 Å². The number of nitrogens with zero attached hydrogens (tertiary/aromatic N) is 1. The molecule has 0 saturated heterocycles. The molecule has 0 radical (unpaired) electrons. The van der Waals surface area contributed by atoms with Gasteiger partial charge in [0.2, 0.25) is 0 Å². The first-order valence-corrected chi connectivity index (χ1v) is 6.27. The third kappa shape index (κ3) is 1.27. The van der Waals surface area contributed by atoms with E-state index in [1.54, 1.807) is 0 Å². The van der Waals surface area contributed by atoms with Crippen LogP contribution in [0, 0.1) is 13.8 Å². The Morgan fingerprint density at radius 3 is 2.56 bits per heavy atom. The fourth-order valence-electron chi connectivity index (χ4n) is 2.80. The van der Waals surface area contributed by atoms with Crippen LogP contribution in [0.2, 0.25) is 0 Å². The molecule has 1 fully saturated rings. The van der Waals surface area contributed by atoms with Crippen molar-refractivity contribution < 1.29 is 9.90 Å². The molecule has 0 aliphatic heterocycles. The van der Waals surface area contributed by atoms with Crippen molar-refractivity contribution >= 4 is 16.9 Å². The van der Waals surface area contributed by atoms with Gasteiger partial charge in [0, 0.05) is 23.6 Å². The maximum absolute atomic E-state index is 11.4. The molecular formula is C15H17NO2. The molecule has 0 spiro atoms. The average Bonchev–Trinajstić information content (AvgIpc) is 3.13. The van der Waals surface area contributed by atoms with E-state index in [9.17, 15) is 9.90 Å². The van der Waals surface area contributed by atoms with Crippen molar-refractivity contribution in [3.05, 3.63) is 35.0 Å². The van der Waals surface area contributed by atoms with Crippen LogP contribution in [0.4, 0.5) is 0 Å². The van der Waals surface area contributed by atoms with E-state index in [4.69, 9.17) is 0 Å². The molecule has 3 heteroatoms. The van der Waals surface area contributed by atoms with Crippen LogP contribution in [0.25, 0.3) is 10.9 Å². The Hall–Kier alpha value is -1.77. The second kappa shape index (κ2) is 3.37. The molecule has 1 heterocycles. The van der Waals surface area contributed by atoms with Gasteiger partial charge in [0.1, 0.15) is 0 Å². The molecule has 1 saturated carbocycles. The van der Waals surface area contributed by atoms with Crippen molar-refractivity contribution in [2.75, 3.05) is 0 Å². The number of carbonyl (C=O) groups is 1. The number of fused-ring (bicyclic) bond motifs is 1. The predicted molar refractivity (Wildman–Crippen MR) is 70.9 cm³/mol. The number of aliphatic carboxylic acids is 1. The number of rotatable bonds is 2. The molecule has 18 heavy (non-hydrogen) atoms. The van der Waals surface area contributed by atoms with E-state index in [1.165, 1.54) is 16.6 Å². The second-order valence-electron chi connectivity index (χ2n) is 5.39. The van der Waals surface area contributed by atoms with Gasteiger partial charge in [-0.05, 0) is 43.9 Å². The summed E-state index contributed by atoms with van der Waals surface area (Å²) in [7, 11) is 2.04. The van der Waals surface area contributed by atoms with Crippen LogP contribution in [0.5, 0.6) is 0 Å². The van der Waals surface area contributed by atoms with E-state index in [1.807, 2.05) is 13.1 Å². The smallest absolute Gasteiger partial charge is 0.314 e. The molecule has 0 bridgehead atoms. The summed E-state index contributed by atoms with van der Waals surface area (Å²) in [6.07, 6.45) is 1.52. The third-order valence-corrected chi connectivity index (χ3v) is 4.52. The zero-order chi connectivity index (χ0) is 13.1. The fraction of sp³-hybridized carbons (Fsp3) is 0.400. The number of carboxylic acids is 1. The Balaban J connectivity index is 2.24. The molecule has 94 valence electrons. The summed E-state index contributed by atoms with van der Waals surface area (Å²) in [4.78, 5) is 11.4. The Kier molecular flexibility index (Phi) is 2.12. The molecule has 3 nitrogen and oxygen atoms in total. The van der Waals surface area contributed by atoms with Crippen LogP contribution in [0.15, 0.2) is 18.2 Å². The van der Waals surface area contributed by atoms with Crippen molar-refractivity contribution in [3.8, 4) is 0 Å². The molecule has 2 aromatic rings. The standard InChI is InChI=1S/C15H17NO2/c1-9-10(2)16(3)13-8-11(4-5-12(9)13)15(6-7-15)14(17)18/h4-5,8H,6-7H2,1-3H3,(H,17,18). The van der Waals surface area contributed by atoms with Gasteiger partial charge in [-0.3, -0.25) is 4.79 Å². The van der Waals surface area contributed by atoms with Crippen molar-refractivity contribution in [1.29, 1.82) is 0 Å². The first-order chi connectivity index (χ1) is 8.47. The minimum atomic E-state index is -0.690. The molecule has 3 rings (SSSR count). The van der Waals surface area contributed by atoms with Gasteiger partial charge >= 0.3 is 5.97 Å². The number of carboxylic acid groups (broad SMARTS) is 1. The minimum absolute atomic E-state index is 0.611. The first-order valence-electron chi connectivity index (χ1n) is 6.27. The Bertz CT molecular complexity index is 663. The summed E-state index contributed by atoms with van der Waals surface area (Å²) in [5, 5.41) is 10.6. The molecule has 0 unspecified atom stereocenters. The van der Waals surface area contributed by atoms with Gasteiger partial charge in [-0.15, -0.1) is 0 Å². The van der Waals surface area contributed by atoms with Crippen LogP contribution >= 0.6 is 0 Å². The van der Waals surface area contributed by atoms with E-state index in [0.29, 0.717) is 0 Å². The predicted octanol–water partition coefficient (Wildman–Crippen LogP) is 2.91. The van der Waals surface area contributed by atoms with Gasteiger partial charge in [0.05, 0.1) is 5.41 Å². The number of aryl methyl sites for hydroxylation is 2. The molecule has 1 aromatic carbocycles. The Morgan fingerprint density at radius 2 is 2.00 bits per heavy atom. The highest BCUT2D eigenvalue weighted by Gasteiger charge is 2.51. The van der Waals surface area contributed by atoms with Crippen molar-refractivity contribution in [2.24, 2.45) is 7.05 Å². The van der Waals surface area contributed by atoms with Gasteiger partial charge in [-0.25, -0.2) is 0 Å². The van der Waals surface area contributed by atoms with Gasteiger partial charge in [-0.2, -0.15) is 0 Å². The summed E-state index contributed by atoms with van der Waals surface area (Å²) < 4.78 is 2.14. The molecule has 1 N–H and O–H groups in total. The second-order valence-corrected chi connectivity index (χ2v) is 5.39. The zero-order valence-electron chi connectivity index (χ0n) is 10.9. The van der Waals surface area contributed by atoms with Crippen LogP contribution in [0.1, 0.15) is 29.7 Å². The third-order valence-electron chi connectivity index (χ3n) is 4.52. The molecule has 1 aliphatic rings. The molecule has 1 aliphatic carbocycles.